The van der Waals surface area contributed by atoms with Gasteiger partial charge in [-0.1, -0.05) is 89.5 Å². The summed E-state index contributed by atoms with van der Waals surface area (Å²) in [6, 6.07) is 13.0. The second kappa shape index (κ2) is 14.8. The van der Waals surface area contributed by atoms with Crippen LogP contribution in [-0.2, 0) is 4.74 Å². The van der Waals surface area contributed by atoms with Crippen LogP contribution < -0.4 is 0 Å². The van der Waals surface area contributed by atoms with Crippen molar-refractivity contribution in [1.82, 2.24) is 0 Å². The van der Waals surface area contributed by atoms with Crippen LogP contribution in [0.15, 0.2) is 42.5 Å². The topological polar surface area (TPSA) is 26.3 Å². The first kappa shape index (κ1) is 28.8. The Kier molecular flexibility index (Phi) is 11.3. The molecule has 2 nitrogen and oxygen atoms in total. The van der Waals surface area contributed by atoms with Gasteiger partial charge in [-0.25, -0.2) is 9.18 Å². The Labute approximate surface area is 230 Å². The molecule has 0 heterocycles. The van der Waals surface area contributed by atoms with E-state index in [2.05, 4.69) is 19.9 Å². The molecule has 0 spiro atoms. The number of hydrogen-bond donors (Lipinski definition) is 0. The molecule has 0 radical (unpaired) electrons. The molecular formula is C35H49FO2. The van der Waals surface area contributed by atoms with E-state index in [1.54, 1.807) is 18.2 Å². The molecule has 2 saturated carbocycles. The van der Waals surface area contributed by atoms with E-state index in [1.165, 1.54) is 77.0 Å². The van der Waals surface area contributed by atoms with Crippen LogP contribution in [0, 0.1) is 17.7 Å². The van der Waals surface area contributed by atoms with E-state index in [0.29, 0.717) is 17.0 Å². The van der Waals surface area contributed by atoms with Crippen molar-refractivity contribution in [3.8, 4) is 11.1 Å². The Morgan fingerprint density at radius 3 is 1.89 bits per heavy atom. The van der Waals surface area contributed by atoms with Gasteiger partial charge in [0, 0.05) is 5.56 Å². The van der Waals surface area contributed by atoms with Crippen LogP contribution in [0.5, 0.6) is 0 Å². The zero-order valence-corrected chi connectivity index (χ0v) is 23.9. The maximum atomic E-state index is 15.2. The van der Waals surface area contributed by atoms with Crippen LogP contribution in [0.25, 0.3) is 11.1 Å². The second-order valence-electron chi connectivity index (χ2n) is 12.1. The molecule has 0 saturated heterocycles. The summed E-state index contributed by atoms with van der Waals surface area (Å²) in [4.78, 5) is 12.7. The zero-order chi connectivity index (χ0) is 26.7. The number of carbonyl (C=O) groups excluding carboxylic acids is 1. The molecule has 0 aromatic heterocycles. The van der Waals surface area contributed by atoms with Crippen molar-refractivity contribution in [1.29, 1.82) is 0 Å². The lowest BCUT2D eigenvalue weighted by Gasteiger charge is -2.29. The minimum absolute atomic E-state index is 0.0287. The summed E-state index contributed by atoms with van der Waals surface area (Å²) in [6.45, 7) is 4.51. The number of halogens is 1. The molecule has 0 unspecified atom stereocenters. The average Bonchev–Trinajstić information content (AvgIpc) is 2.95. The maximum absolute atomic E-state index is 15.2. The van der Waals surface area contributed by atoms with Crippen LogP contribution in [0.2, 0.25) is 0 Å². The Hall–Kier alpha value is -2.16. The van der Waals surface area contributed by atoms with Crippen molar-refractivity contribution in [2.45, 2.75) is 129 Å². The van der Waals surface area contributed by atoms with Crippen molar-refractivity contribution in [2.75, 3.05) is 0 Å². The van der Waals surface area contributed by atoms with Gasteiger partial charge in [-0.2, -0.15) is 0 Å². The number of carbonyl (C=O) groups is 1. The summed E-state index contributed by atoms with van der Waals surface area (Å²) in [5, 5.41) is 0. The summed E-state index contributed by atoms with van der Waals surface area (Å²) in [5.74, 6) is 1.70. The van der Waals surface area contributed by atoms with Gasteiger partial charge in [-0.15, -0.1) is 0 Å². The van der Waals surface area contributed by atoms with Crippen LogP contribution in [0.3, 0.4) is 0 Å². The molecule has 4 rings (SSSR count). The van der Waals surface area contributed by atoms with Crippen LogP contribution in [-0.4, -0.2) is 12.1 Å². The molecule has 0 aliphatic heterocycles. The van der Waals surface area contributed by atoms with E-state index < -0.39 is 0 Å². The second-order valence-corrected chi connectivity index (χ2v) is 12.1. The van der Waals surface area contributed by atoms with Crippen molar-refractivity contribution in [2.24, 2.45) is 11.8 Å². The smallest absolute Gasteiger partial charge is 0.338 e. The fraction of sp³-hybridized carbons (Fsp3) is 0.629. The minimum atomic E-state index is -0.257. The van der Waals surface area contributed by atoms with Gasteiger partial charge >= 0.3 is 5.97 Å². The van der Waals surface area contributed by atoms with Crippen molar-refractivity contribution < 1.29 is 13.9 Å². The molecule has 0 atom stereocenters. The Bertz CT molecular complexity index is 981. The van der Waals surface area contributed by atoms with Gasteiger partial charge < -0.3 is 4.74 Å². The predicted octanol–water partition coefficient (Wildman–Crippen LogP) is 10.6. The summed E-state index contributed by atoms with van der Waals surface area (Å²) in [6.07, 6.45) is 19.8. The monoisotopic (exact) mass is 520 g/mol. The molecule has 0 N–H and O–H groups in total. The number of esters is 1. The molecule has 2 aliphatic carbocycles. The summed E-state index contributed by atoms with van der Waals surface area (Å²) >= 11 is 0. The maximum Gasteiger partial charge on any atom is 0.338 e. The Balaban J connectivity index is 1.27. The lowest BCUT2D eigenvalue weighted by atomic mass is 9.77. The summed E-state index contributed by atoms with van der Waals surface area (Å²) in [5.41, 5.74) is 3.09. The quantitative estimate of drug-likeness (QED) is 0.205. The standard InChI is InChI=1S/C35H49FO2/c1-3-5-7-9-26-11-15-28(16-12-26)31-21-24-33(34(36)25-31)29-17-19-30(20-18-29)35(37)38-32-22-13-27(14-23-32)10-8-6-4-2/h17-21,24-28,32H,3-16,22-23H2,1-2H3. The number of hydrogen-bond acceptors (Lipinski definition) is 2. The molecule has 2 fully saturated rings. The number of rotatable bonds is 12. The van der Waals surface area contributed by atoms with Crippen LogP contribution in [0.4, 0.5) is 4.39 Å². The number of benzene rings is 2. The number of ether oxygens (including phenoxy) is 1. The third-order valence-electron chi connectivity index (χ3n) is 9.24. The molecular weight excluding hydrogens is 471 g/mol. The first-order valence-electron chi connectivity index (χ1n) is 15.7. The zero-order valence-electron chi connectivity index (χ0n) is 23.9. The third-order valence-corrected chi connectivity index (χ3v) is 9.24. The molecule has 0 bridgehead atoms. The van der Waals surface area contributed by atoms with Gasteiger partial charge in [0.15, 0.2) is 0 Å². The molecule has 3 heteroatoms. The van der Waals surface area contributed by atoms with Gasteiger partial charge in [-0.3, -0.25) is 0 Å². The average molecular weight is 521 g/mol. The van der Waals surface area contributed by atoms with E-state index in [9.17, 15) is 4.79 Å². The van der Waals surface area contributed by atoms with E-state index in [4.69, 9.17) is 4.74 Å². The van der Waals surface area contributed by atoms with E-state index in [-0.39, 0.29) is 17.9 Å². The van der Waals surface area contributed by atoms with Crippen LogP contribution >= 0.6 is 0 Å². The molecule has 208 valence electrons. The predicted molar refractivity (Wildman–Crippen MR) is 156 cm³/mol. The van der Waals surface area contributed by atoms with Gasteiger partial charge in [-0.05, 0) is 98.4 Å². The van der Waals surface area contributed by atoms with E-state index in [0.717, 1.165) is 48.6 Å². The minimum Gasteiger partial charge on any atom is -0.459 e. The Morgan fingerprint density at radius 2 is 1.34 bits per heavy atom. The van der Waals surface area contributed by atoms with E-state index >= 15 is 4.39 Å². The third kappa shape index (κ3) is 8.17. The lowest BCUT2D eigenvalue weighted by molar-refractivity contribution is 0.0161. The molecule has 0 amide bonds. The molecule has 2 aromatic carbocycles. The van der Waals surface area contributed by atoms with E-state index in [1.807, 2.05) is 18.2 Å². The SMILES string of the molecule is CCCCCC1CCC(OC(=O)c2ccc(-c3ccc(C4CCC(CCCCC)CC4)cc3F)cc2)CC1. The van der Waals surface area contributed by atoms with Gasteiger partial charge in [0.25, 0.3) is 0 Å². The summed E-state index contributed by atoms with van der Waals surface area (Å²) < 4.78 is 21.0. The van der Waals surface area contributed by atoms with Crippen molar-refractivity contribution >= 4 is 5.97 Å². The highest BCUT2D eigenvalue weighted by Gasteiger charge is 2.25. The highest BCUT2D eigenvalue weighted by Crippen LogP contribution is 2.39. The summed E-state index contributed by atoms with van der Waals surface area (Å²) in [7, 11) is 0. The molecule has 2 aromatic rings. The first-order valence-corrected chi connectivity index (χ1v) is 15.7. The molecule has 38 heavy (non-hydrogen) atoms. The van der Waals surface area contributed by atoms with Crippen molar-refractivity contribution in [3.63, 3.8) is 0 Å². The molecule has 2 aliphatic rings. The normalized spacial score (nSPS) is 23.8. The van der Waals surface area contributed by atoms with Crippen molar-refractivity contribution in [3.05, 3.63) is 59.4 Å². The van der Waals surface area contributed by atoms with Gasteiger partial charge in [0.1, 0.15) is 11.9 Å². The van der Waals surface area contributed by atoms with Gasteiger partial charge in [0.2, 0.25) is 0 Å². The largest absolute Gasteiger partial charge is 0.459 e. The lowest BCUT2D eigenvalue weighted by Crippen LogP contribution is -2.24. The Morgan fingerprint density at radius 1 is 0.763 bits per heavy atom. The first-order chi connectivity index (χ1) is 18.6. The highest BCUT2D eigenvalue weighted by atomic mass is 19.1. The highest BCUT2D eigenvalue weighted by molar-refractivity contribution is 5.90. The van der Waals surface area contributed by atoms with Crippen LogP contribution in [0.1, 0.15) is 138 Å². The van der Waals surface area contributed by atoms with Gasteiger partial charge in [0.05, 0.1) is 5.56 Å². The fourth-order valence-electron chi connectivity index (χ4n) is 6.71. The fourth-order valence-corrected chi connectivity index (χ4v) is 6.71. The number of unbranched alkanes of at least 4 members (excludes halogenated alkanes) is 4.